The third kappa shape index (κ3) is 1.57. The molecule has 136 valence electrons. The van der Waals surface area contributed by atoms with Crippen LogP contribution in [0.15, 0.2) is 35.5 Å². The first-order valence-electron chi connectivity index (χ1n) is 9.29. The fourth-order valence-corrected chi connectivity index (χ4v) is 6.34. The van der Waals surface area contributed by atoms with Gasteiger partial charge >= 0.3 is 11.9 Å². The van der Waals surface area contributed by atoms with Crippen molar-refractivity contribution in [2.45, 2.75) is 38.3 Å². The van der Waals surface area contributed by atoms with Gasteiger partial charge in [-0.1, -0.05) is 25.2 Å². The van der Waals surface area contributed by atoms with E-state index in [1.165, 1.54) is 0 Å². The number of rotatable bonds is 1. The molecule has 0 amide bonds. The molecule has 6 heteroatoms. The van der Waals surface area contributed by atoms with Crippen LogP contribution in [0.1, 0.15) is 19.8 Å². The zero-order valence-corrected chi connectivity index (χ0v) is 14.5. The van der Waals surface area contributed by atoms with Crippen LogP contribution in [-0.4, -0.2) is 43.7 Å². The minimum absolute atomic E-state index is 0.0528. The lowest BCUT2D eigenvalue weighted by molar-refractivity contribution is -0.143. The van der Waals surface area contributed by atoms with Crippen molar-refractivity contribution in [3.63, 3.8) is 0 Å². The van der Waals surface area contributed by atoms with Crippen LogP contribution in [-0.2, 0) is 28.5 Å². The van der Waals surface area contributed by atoms with Gasteiger partial charge in [0, 0.05) is 34.0 Å². The monoisotopic (exact) mass is 356 g/mol. The highest BCUT2D eigenvalue weighted by molar-refractivity contribution is 5.93. The van der Waals surface area contributed by atoms with Crippen LogP contribution >= 0.6 is 0 Å². The summed E-state index contributed by atoms with van der Waals surface area (Å²) in [7, 11) is 0. The summed E-state index contributed by atoms with van der Waals surface area (Å²) in [5, 5.41) is 0. The molecule has 7 atom stereocenters. The predicted octanol–water partition coefficient (Wildman–Crippen LogP) is 1.67. The summed E-state index contributed by atoms with van der Waals surface area (Å²) in [6, 6.07) is 0. The van der Waals surface area contributed by atoms with Gasteiger partial charge in [0.05, 0.1) is 12.2 Å². The molecule has 0 unspecified atom stereocenters. The van der Waals surface area contributed by atoms with Crippen molar-refractivity contribution in [2.24, 2.45) is 22.7 Å². The van der Waals surface area contributed by atoms with E-state index >= 15 is 0 Å². The van der Waals surface area contributed by atoms with Gasteiger partial charge < -0.3 is 18.9 Å². The molecule has 6 nitrogen and oxygen atoms in total. The summed E-state index contributed by atoms with van der Waals surface area (Å²) in [6.07, 6.45) is 8.77. The number of fused-ring (bicyclic) bond motifs is 1. The molecule has 6 rings (SSSR count). The number of cyclic esters (lactones) is 2. The third-order valence-electron chi connectivity index (χ3n) is 7.59. The van der Waals surface area contributed by atoms with Crippen molar-refractivity contribution in [1.29, 1.82) is 0 Å². The second kappa shape index (κ2) is 4.67. The normalized spacial score (nSPS) is 50.6. The summed E-state index contributed by atoms with van der Waals surface area (Å²) in [5.74, 6) is -0.0628. The van der Waals surface area contributed by atoms with E-state index in [0.29, 0.717) is 19.1 Å². The molecule has 2 spiro atoms. The first-order valence-corrected chi connectivity index (χ1v) is 9.29. The summed E-state index contributed by atoms with van der Waals surface area (Å²) in [5.41, 5.74) is 1.14. The molecule has 2 aliphatic carbocycles. The number of ether oxygens (including phenoxy) is 4. The van der Waals surface area contributed by atoms with Gasteiger partial charge in [-0.3, -0.25) is 0 Å². The van der Waals surface area contributed by atoms with E-state index < -0.39 is 0 Å². The maximum absolute atomic E-state index is 12.3. The van der Waals surface area contributed by atoms with Crippen molar-refractivity contribution in [2.75, 3.05) is 13.2 Å². The van der Waals surface area contributed by atoms with E-state index in [-0.39, 0.29) is 47.2 Å². The molecule has 3 saturated heterocycles. The van der Waals surface area contributed by atoms with Crippen molar-refractivity contribution in [3.8, 4) is 0 Å². The number of carbonyl (C=O) groups excluding carboxylic acids is 2. The predicted molar refractivity (Wildman–Crippen MR) is 87.5 cm³/mol. The van der Waals surface area contributed by atoms with Gasteiger partial charge in [-0.15, -0.1) is 0 Å². The molecule has 6 aliphatic rings. The number of allylic oxidation sites excluding steroid dienone is 3. The minimum atomic E-state index is -0.326. The first-order chi connectivity index (χ1) is 12.5. The Bertz CT molecular complexity index is 824. The highest BCUT2D eigenvalue weighted by Crippen LogP contribution is 2.70. The zero-order chi connectivity index (χ0) is 17.7. The average molecular weight is 356 g/mol. The van der Waals surface area contributed by atoms with Crippen molar-refractivity contribution < 1.29 is 28.5 Å². The number of esters is 2. The summed E-state index contributed by atoms with van der Waals surface area (Å²) in [6.45, 7) is 2.95. The van der Waals surface area contributed by atoms with E-state index in [4.69, 9.17) is 18.9 Å². The van der Waals surface area contributed by atoms with E-state index in [0.717, 1.165) is 24.0 Å². The van der Waals surface area contributed by atoms with Gasteiger partial charge in [0.15, 0.2) is 6.29 Å². The van der Waals surface area contributed by atoms with E-state index in [1.807, 2.05) is 12.2 Å². The molecular weight excluding hydrogens is 336 g/mol. The summed E-state index contributed by atoms with van der Waals surface area (Å²) >= 11 is 0. The molecule has 0 aromatic rings. The lowest BCUT2D eigenvalue weighted by Crippen LogP contribution is -2.54. The molecule has 2 bridgehead atoms. The molecule has 1 saturated carbocycles. The van der Waals surface area contributed by atoms with Gasteiger partial charge in [-0.05, 0) is 18.8 Å². The highest BCUT2D eigenvalue weighted by Gasteiger charge is 2.73. The molecule has 0 aromatic carbocycles. The molecule has 4 heterocycles. The van der Waals surface area contributed by atoms with Crippen LogP contribution in [0, 0.1) is 22.7 Å². The van der Waals surface area contributed by atoms with Crippen LogP contribution in [0.5, 0.6) is 0 Å². The SMILES string of the molecule is C[C@@H]1[C@H]2C[C@@]34COC(=O)C3=CC=C[C@H]4[C@@]13C[C@H](C1=CC(=O)OC1)O[C@@H]3O2. The Kier molecular flexibility index (Phi) is 2.73. The highest BCUT2D eigenvalue weighted by atomic mass is 16.7. The van der Waals surface area contributed by atoms with Crippen LogP contribution < -0.4 is 0 Å². The largest absolute Gasteiger partial charge is 0.461 e. The maximum atomic E-state index is 12.3. The fraction of sp³-hybridized carbons (Fsp3) is 0.600. The lowest BCUT2D eigenvalue weighted by atomic mass is 9.48. The topological polar surface area (TPSA) is 71.1 Å². The molecule has 26 heavy (non-hydrogen) atoms. The first kappa shape index (κ1) is 15.2. The number of hydrogen-bond acceptors (Lipinski definition) is 6. The summed E-state index contributed by atoms with van der Waals surface area (Å²) < 4.78 is 23.2. The Morgan fingerprint density at radius 1 is 1.15 bits per heavy atom. The van der Waals surface area contributed by atoms with E-state index in [2.05, 4.69) is 13.0 Å². The Labute approximate surface area is 150 Å². The lowest BCUT2D eigenvalue weighted by Gasteiger charge is -2.52. The molecule has 4 aliphatic heterocycles. The number of carbonyl (C=O) groups is 2. The second-order valence-corrected chi connectivity index (χ2v) is 8.44. The van der Waals surface area contributed by atoms with Gasteiger partial charge in [0.2, 0.25) is 0 Å². The Balaban J connectivity index is 1.45. The fourth-order valence-electron chi connectivity index (χ4n) is 6.34. The van der Waals surface area contributed by atoms with Crippen molar-refractivity contribution in [1.82, 2.24) is 0 Å². The third-order valence-corrected chi connectivity index (χ3v) is 7.59. The van der Waals surface area contributed by atoms with Gasteiger partial charge in [0.1, 0.15) is 13.2 Å². The van der Waals surface area contributed by atoms with Crippen molar-refractivity contribution >= 4 is 11.9 Å². The van der Waals surface area contributed by atoms with Gasteiger partial charge in [-0.25, -0.2) is 9.59 Å². The quantitative estimate of drug-likeness (QED) is 0.666. The molecule has 0 N–H and O–H groups in total. The Morgan fingerprint density at radius 3 is 2.85 bits per heavy atom. The van der Waals surface area contributed by atoms with Crippen LogP contribution in [0.3, 0.4) is 0 Å². The smallest absolute Gasteiger partial charge is 0.334 e. The molecule has 4 fully saturated rings. The van der Waals surface area contributed by atoms with Crippen LogP contribution in [0.4, 0.5) is 0 Å². The Hall–Kier alpha value is -1.92. The second-order valence-electron chi connectivity index (χ2n) is 8.44. The van der Waals surface area contributed by atoms with Crippen LogP contribution in [0.2, 0.25) is 0 Å². The van der Waals surface area contributed by atoms with E-state index in [1.54, 1.807) is 6.08 Å². The van der Waals surface area contributed by atoms with E-state index in [9.17, 15) is 9.59 Å². The molecule has 0 aromatic heterocycles. The summed E-state index contributed by atoms with van der Waals surface area (Å²) in [4.78, 5) is 23.8. The molecular formula is C20H20O6. The minimum Gasteiger partial charge on any atom is -0.461 e. The average Bonchev–Trinajstić information content (AvgIpc) is 3.33. The van der Waals surface area contributed by atoms with Gasteiger partial charge in [-0.2, -0.15) is 0 Å². The zero-order valence-electron chi connectivity index (χ0n) is 14.5. The maximum Gasteiger partial charge on any atom is 0.334 e. The molecule has 0 radical (unpaired) electrons. The Morgan fingerprint density at radius 2 is 2.04 bits per heavy atom. The van der Waals surface area contributed by atoms with Crippen LogP contribution in [0.25, 0.3) is 0 Å². The van der Waals surface area contributed by atoms with Gasteiger partial charge in [0.25, 0.3) is 0 Å². The standard InChI is InChI=1S/C20H20O6/c1-10-13-6-19-9-24-17(22)12(19)3-2-4-15(19)20(10)7-14(26-18(20)25-13)11-5-16(21)23-8-11/h2-5,10,13-15,18H,6-9H2,1H3/t10-,13-,14-,15-,18+,19-,20-/m1/s1. The van der Waals surface area contributed by atoms with Crippen molar-refractivity contribution in [3.05, 3.63) is 35.5 Å². The number of hydrogen-bond donors (Lipinski definition) is 0.